The summed E-state index contributed by atoms with van der Waals surface area (Å²) in [7, 11) is 1.09. The molecular formula is C12H17NO6. The molecule has 106 valence electrons. The summed E-state index contributed by atoms with van der Waals surface area (Å²) in [5.41, 5.74) is -2.75. The van der Waals surface area contributed by atoms with E-state index in [1.54, 1.807) is 20.8 Å². The topological polar surface area (TPSA) is 90.0 Å². The van der Waals surface area contributed by atoms with Crippen LogP contribution in [0.4, 0.5) is 4.79 Å². The summed E-state index contributed by atoms with van der Waals surface area (Å²) in [6.45, 7) is 4.85. The van der Waals surface area contributed by atoms with Gasteiger partial charge in [0.1, 0.15) is 5.60 Å². The van der Waals surface area contributed by atoms with Gasteiger partial charge in [-0.2, -0.15) is 0 Å². The number of imide groups is 1. The second-order valence-corrected chi connectivity index (χ2v) is 5.24. The fourth-order valence-corrected chi connectivity index (χ4v) is 1.85. The molecule has 0 aromatic rings. The first-order valence-corrected chi connectivity index (χ1v) is 5.79. The van der Waals surface area contributed by atoms with Gasteiger partial charge in [-0.1, -0.05) is 0 Å². The molecule has 0 aromatic carbocycles. The van der Waals surface area contributed by atoms with Crippen molar-refractivity contribution in [2.24, 2.45) is 0 Å². The predicted octanol–water partition coefficient (Wildman–Crippen LogP) is 0.655. The van der Waals surface area contributed by atoms with Gasteiger partial charge in [-0.25, -0.2) is 14.5 Å². The van der Waals surface area contributed by atoms with Crippen molar-refractivity contribution in [3.05, 3.63) is 0 Å². The molecule has 2 amide bonds. The minimum Gasteiger partial charge on any atom is -0.467 e. The fourth-order valence-electron chi connectivity index (χ4n) is 1.85. The molecule has 19 heavy (non-hydrogen) atoms. The monoisotopic (exact) mass is 271 g/mol. The number of nitrogens with zero attached hydrogens (tertiary/aromatic N) is 1. The van der Waals surface area contributed by atoms with Crippen LogP contribution in [-0.4, -0.2) is 47.4 Å². The summed E-state index contributed by atoms with van der Waals surface area (Å²) in [5.74, 6) is -1.58. The molecule has 1 atom stereocenters. The van der Waals surface area contributed by atoms with Crippen LogP contribution in [0.15, 0.2) is 0 Å². The maximum absolute atomic E-state index is 12.0. The zero-order valence-electron chi connectivity index (χ0n) is 11.4. The first-order chi connectivity index (χ1) is 8.68. The van der Waals surface area contributed by atoms with Gasteiger partial charge in [0, 0.05) is 6.42 Å². The van der Waals surface area contributed by atoms with Gasteiger partial charge in [-0.3, -0.25) is 4.79 Å². The van der Waals surface area contributed by atoms with Crippen LogP contribution in [-0.2, 0) is 23.9 Å². The Balaban J connectivity index is 3.13. The lowest BCUT2D eigenvalue weighted by molar-refractivity contribution is -0.158. The number of likely N-dealkylation sites (tertiary alicyclic amines) is 1. The van der Waals surface area contributed by atoms with Crippen LogP contribution in [0.1, 0.15) is 33.6 Å². The first kappa shape index (κ1) is 15.1. The Hall–Kier alpha value is -1.92. The van der Waals surface area contributed by atoms with E-state index in [-0.39, 0.29) is 19.1 Å². The highest BCUT2D eigenvalue weighted by molar-refractivity contribution is 6.10. The first-order valence-electron chi connectivity index (χ1n) is 5.79. The molecule has 0 N–H and O–H groups in total. The van der Waals surface area contributed by atoms with Crippen molar-refractivity contribution in [2.75, 3.05) is 7.11 Å². The highest BCUT2D eigenvalue weighted by atomic mass is 16.6. The summed E-state index contributed by atoms with van der Waals surface area (Å²) < 4.78 is 9.56. The van der Waals surface area contributed by atoms with Crippen molar-refractivity contribution in [1.82, 2.24) is 4.90 Å². The summed E-state index contributed by atoms with van der Waals surface area (Å²) in [6.07, 6.45) is -0.949. The Labute approximate surface area is 110 Å². The van der Waals surface area contributed by atoms with Gasteiger partial charge >= 0.3 is 12.1 Å². The molecule has 0 unspecified atom stereocenters. The molecule has 1 aliphatic rings. The minimum atomic E-state index is -1.91. The van der Waals surface area contributed by atoms with E-state index in [1.165, 1.54) is 0 Å². The Bertz CT molecular complexity index is 424. The smallest absolute Gasteiger partial charge is 0.418 e. The second-order valence-electron chi connectivity index (χ2n) is 5.24. The third kappa shape index (κ3) is 2.74. The molecule has 1 fully saturated rings. The van der Waals surface area contributed by atoms with Gasteiger partial charge in [0.05, 0.1) is 7.11 Å². The van der Waals surface area contributed by atoms with E-state index in [2.05, 4.69) is 4.74 Å². The molecule has 0 aromatic heterocycles. The molecule has 1 aliphatic heterocycles. The van der Waals surface area contributed by atoms with Gasteiger partial charge in [-0.15, -0.1) is 0 Å². The van der Waals surface area contributed by atoms with Crippen LogP contribution in [0.2, 0.25) is 0 Å². The van der Waals surface area contributed by atoms with Crippen LogP contribution in [0, 0.1) is 0 Å². The maximum Gasteiger partial charge on any atom is 0.418 e. The lowest BCUT2D eigenvalue weighted by Gasteiger charge is -2.31. The number of carbonyl (C=O) groups is 4. The van der Waals surface area contributed by atoms with Crippen LogP contribution in [0.3, 0.4) is 0 Å². The summed E-state index contributed by atoms with van der Waals surface area (Å²) in [5, 5.41) is 0. The summed E-state index contributed by atoms with van der Waals surface area (Å²) in [4.78, 5) is 47.3. The lowest BCUT2D eigenvalue weighted by atomic mass is 9.99. The lowest BCUT2D eigenvalue weighted by Crippen LogP contribution is -2.57. The number of methoxy groups -OCH3 is 1. The molecule has 1 rings (SSSR count). The average molecular weight is 271 g/mol. The van der Waals surface area contributed by atoms with Gasteiger partial charge in [0.2, 0.25) is 11.4 Å². The zero-order chi connectivity index (χ0) is 14.8. The van der Waals surface area contributed by atoms with Gasteiger partial charge in [0.15, 0.2) is 6.29 Å². The second kappa shape index (κ2) is 4.99. The molecular weight excluding hydrogens is 254 g/mol. The van der Waals surface area contributed by atoms with Crippen molar-refractivity contribution in [3.8, 4) is 0 Å². The number of aldehydes is 1. The number of esters is 1. The normalized spacial score (nSPS) is 23.2. The van der Waals surface area contributed by atoms with Crippen molar-refractivity contribution >= 4 is 24.3 Å². The van der Waals surface area contributed by atoms with E-state index in [4.69, 9.17) is 4.74 Å². The van der Waals surface area contributed by atoms with E-state index in [0.717, 1.165) is 7.11 Å². The Morgan fingerprint density at radius 3 is 2.37 bits per heavy atom. The van der Waals surface area contributed by atoms with Crippen molar-refractivity contribution in [3.63, 3.8) is 0 Å². The Morgan fingerprint density at radius 1 is 1.37 bits per heavy atom. The minimum absolute atomic E-state index is 0.0902. The highest BCUT2D eigenvalue weighted by Crippen LogP contribution is 2.31. The Kier molecular flexibility index (Phi) is 3.97. The molecule has 1 heterocycles. The van der Waals surface area contributed by atoms with Gasteiger partial charge in [0.25, 0.3) is 0 Å². The number of ether oxygens (including phenoxy) is 2. The largest absolute Gasteiger partial charge is 0.467 e. The van der Waals surface area contributed by atoms with E-state index < -0.39 is 29.1 Å². The number of carbonyl (C=O) groups excluding carboxylic acids is 4. The predicted molar refractivity (Wildman–Crippen MR) is 63.1 cm³/mol. The number of amides is 2. The summed E-state index contributed by atoms with van der Waals surface area (Å²) in [6, 6.07) is 0. The van der Waals surface area contributed by atoms with E-state index >= 15 is 0 Å². The molecule has 1 saturated heterocycles. The SMILES string of the molecule is COC(=O)[C@]1(C=O)CCC(=O)N1C(=O)OC(C)(C)C. The van der Waals surface area contributed by atoms with Crippen LogP contribution >= 0.6 is 0 Å². The molecule has 0 radical (unpaired) electrons. The van der Waals surface area contributed by atoms with Crippen molar-refractivity contribution in [1.29, 1.82) is 0 Å². The molecule has 0 bridgehead atoms. The van der Waals surface area contributed by atoms with Crippen LogP contribution in [0.5, 0.6) is 0 Å². The zero-order valence-corrected chi connectivity index (χ0v) is 11.4. The van der Waals surface area contributed by atoms with E-state index in [9.17, 15) is 19.2 Å². The molecule has 0 aliphatic carbocycles. The quantitative estimate of drug-likeness (QED) is 0.416. The van der Waals surface area contributed by atoms with E-state index in [1.807, 2.05) is 0 Å². The Morgan fingerprint density at radius 2 is 1.95 bits per heavy atom. The third-order valence-electron chi connectivity index (χ3n) is 2.68. The van der Waals surface area contributed by atoms with Gasteiger partial charge < -0.3 is 14.3 Å². The number of hydrogen-bond acceptors (Lipinski definition) is 6. The van der Waals surface area contributed by atoms with E-state index in [0.29, 0.717) is 4.90 Å². The highest BCUT2D eigenvalue weighted by Gasteiger charge is 2.56. The van der Waals surface area contributed by atoms with Crippen molar-refractivity contribution in [2.45, 2.75) is 44.8 Å². The third-order valence-corrected chi connectivity index (χ3v) is 2.68. The van der Waals surface area contributed by atoms with Crippen molar-refractivity contribution < 1.29 is 28.7 Å². The number of rotatable bonds is 2. The standard InChI is InChI=1S/C12H17NO6/c1-11(2,3)19-10(17)13-8(15)5-6-12(13,7-14)9(16)18-4/h7H,5-6H2,1-4H3/t12-/m1/s1. The van der Waals surface area contributed by atoms with Crippen LogP contribution in [0.25, 0.3) is 0 Å². The van der Waals surface area contributed by atoms with Crippen LogP contribution < -0.4 is 0 Å². The average Bonchev–Trinajstić information content (AvgIpc) is 2.64. The number of hydrogen-bond donors (Lipinski definition) is 0. The maximum atomic E-state index is 12.0. The summed E-state index contributed by atoms with van der Waals surface area (Å²) >= 11 is 0. The van der Waals surface area contributed by atoms with Gasteiger partial charge in [-0.05, 0) is 27.2 Å². The molecule has 7 heteroatoms. The molecule has 0 spiro atoms. The molecule has 7 nitrogen and oxygen atoms in total. The fraction of sp³-hybridized carbons (Fsp3) is 0.667. The molecule has 0 saturated carbocycles.